The van der Waals surface area contributed by atoms with Gasteiger partial charge >= 0.3 is 5.97 Å². The van der Waals surface area contributed by atoms with Gasteiger partial charge in [-0.2, -0.15) is 8.78 Å². The highest BCUT2D eigenvalue weighted by Crippen LogP contribution is 2.27. The van der Waals surface area contributed by atoms with Crippen molar-refractivity contribution in [2.75, 3.05) is 0 Å². The van der Waals surface area contributed by atoms with Gasteiger partial charge in [0.2, 0.25) is 11.6 Å². The molecular weight excluding hydrogens is 289 g/mol. The van der Waals surface area contributed by atoms with Gasteiger partial charge in [0.15, 0.2) is 11.5 Å². The zero-order valence-electron chi connectivity index (χ0n) is 10.4. The van der Waals surface area contributed by atoms with E-state index in [0.29, 0.717) is 0 Å². The molecule has 0 atom stereocenters. The fourth-order valence-corrected chi connectivity index (χ4v) is 1.59. The van der Waals surface area contributed by atoms with Gasteiger partial charge in [-0.1, -0.05) is 6.07 Å². The van der Waals surface area contributed by atoms with Gasteiger partial charge in [-0.05, 0) is 24.3 Å². The van der Waals surface area contributed by atoms with Gasteiger partial charge in [-0.3, -0.25) is 0 Å². The van der Waals surface area contributed by atoms with Crippen LogP contribution in [0, 0.1) is 17.5 Å². The van der Waals surface area contributed by atoms with Crippen molar-refractivity contribution in [3.05, 3.63) is 58.9 Å². The molecular formula is C14H9F3O4. The van der Waals surface area contributed by atoms with Crippen LogP contribution in [0.25, 0.3) is 0 Å². The number of halogens is 3. The van der Waals surface area contributed by atoms with Crippen LogP contribution in [-0.4, -0.2) is 16.2 Å². The molecule has 0 spiro atoms. The molecule has 0 fully saturated rings. The monoisotopic (exact) mass is 298 g/mol. The lowest BCUT2D eigenvalue weighted by Crippen LogP contribution is -2.03. The standard InChI is InChI=1S/C14H9F3O4/c15-9-5-7(14(19)20)1-2-8(9)6-21-11-4-3-10(18)12(16)13(11)17/h1-5,18H,6H2,(H,19,20). The van der Waals surface area contributed by atoms with Crippen LogP contribution in [-0.2, 0) is 6.61 Å². The Morgan fingerprint density at radius 3 is 2.43 bits per heavy atom. The summed E-state index contributed by atoms with van der Waals surface area (Å²) in [5.41, 5.74) is -0.258. The summed E-state index contributed by atoms with van der Waals surface area (Å²) in [5, 5.41) is 17.6. The first-order chi connectivity index (χ1) is 9.90. The van der Waals surface area contributed by atoms with Crippen LogP contribution in [0.2, 0.25) is 0 Å². The van der Waals surface area contributed by atoms with Gasteiger partial charge in [0, 0.05) is 5.56 Å². The predicted molar refractivity (Wildman–Crippen MR) is 65.7 cm³/mol. The average Bonchev–Trinajstić information content (AvgIpc) is 2.45. The van der Waals surface area contributed by atoms with Crippen molar-refractivity contribution >= 4 is 5.97 Å². The average molecular weight is 298 g/mol. The maximum absolute atomic E-state index is 13.6. The molecule has 2 aromatic carbocycles. The van der Waals surface area contributed by atoms with Crippen molar-refractivity contribution in [2.45, 2.75) is 6.61 Å². The Bertz CT molecular complexity index is 701. The molecule has 2 aromatic rings. The molecule has 110 valence electrons. The molecule has 21 heavy (non-hydrogen) atoms. The van der Waals surface area contributed by atoms with Crippen LogP contribution < -0.4 is 4.74 Å². The highest BCUT2D eigenvalue weighted by atomic mass is 19.2. The van der Waals surface area contributed by atoms with E-state index in [9.17, 15) is 18.0 Å². The minimum Gasteiger partial charge on any atom is -0.505 e. The Kier molecular flexibility index (Phi) is 4.02. The fourth-order valence-electron chi connectivity index (χ4n) is 1.59. The van der Waals surface area contributed by atoms with Crippen LogP contribution in [0.5, 0.6) is 11.5 Å². The number of benzene rings is 2. The lowest BCUT2D eigenvalue weighted by molar-refractivity contribution is 0.0696. The van der Waals surface area contributed by atoms with Crippen LogP contribution in [0.15, 0.2) is 30.3 Å². The van der Waals surface area contributed by atoms with Crippen LogP contribution in [0.4, 0.5) is 13.2 Å². The normalized spacial score (nSPS) is 10.4. The summed E-state index contributed by atoms with van der Waals surface area (Å²) in [7, 11) is 0. The predicted octanol–water partition coefficient (Wildman–Crippen LogP) is 3.09. The molecule has 2 rings (SSSR count). The zero-order chi connectivity index (χ0) is 15.6. The number of hydrogen-bond donors (Lipinski definition) is 2. The molecule has 0 saturated heterocycles. The van der Waals surface area contributed by atoms with Gasteiger partial charge < -0.3 is 14.9 Å². The molecule has 0 amide bonds. The second-order valence-electron chi connectivity index (χ2n) is 4.11. The van der Waals surface area contributed by atoms with E-state index in [0.717, 1.165) is 24.3 Å². The highest BCUT2D eigenvalue weighted by Gasteiger charge is 2.15. The molecule has 0 aliphatic rings. The number of phenols is 1. The van der Waals surface area contributed by atoms with Gasteiger partial charge in [0.05, 0.1) is 5.56 Å². The first-order valence-corrected chi connectivity index (χ1v) is 5.71. The van der Waals surface area contributed by atoms with Crippen LogP contribution in [0.3, 0.4) is 0 Å². The Hall–Kier alpha value is -2.70. The molecule has 7 heteroatoms. The number of phenolic OH excluding ortho intramolecular Hbond substituents is 1. The van der Waals surface area contributed by atoms with Crippen molar-refractivity contribution in [3.8, 4) is 11.5 Å². The summed E-state index contributed by atoms with van der Waals surface area (Å²) >= 11 is 0. The SMILES string of the molecule is O=C(O)c1ccc(COc2ccc(O)c(F)c2F)c(F)c1. The molecule has 0 saturated carbocycles. The molecule has 4 nitrogen and oxygen atoms in total. The quantitative estimate of drug-likeness (QED) is 0.910. The van der Waals surface area contributed by atoms with Gasteiger partial charge in [0.25, 0.3) is 0 Å². The minimum atomic E-state index is -1.46. The maximum Gasteiger partial charge on any atom is 0.335 e. The van der Waals surface area contributed by atoms with E-state index in [4.69, 9.17) is 14.9 Å². The molecule has 0 unspecified atom stereocenters. The number of aromatic carboxylic acids is 1. The van der Waals surface area contributed by atoms with Crippen LogP contribution >= 0.6 is 0 Å². The Balaban J connectivity index is 2.17. The summed E-state index contributed by atoms with van der Waals surface area (Å²) in [6.45, 7) is -0.424. The first-order valence-electron chi connectivity index (χ1n) is 5.71. The third kappa shape index (κ3) is 3.07. The lowest BCUT2D eigenvalue weighted by Gasteiger charge is -2.09. The van der Waals surface area contributed by atoms with E-state index in [2.05, 4.69) is 0 Å². The second-order valence-corrected chi connectivity index (χ2v) is 4.11. The van der Waals surface area contributed by atoms with Crippen LogP contribution in [0.1, 0.15) is 15.9 Å². The van der Waals surface area contributed by atoms with Crippen molar-refractivity contribution < 1.29 is 32.9 Å². The summed E-state index contributed by atoms with van der Waals surface area (Å²) < 4.78 is 45.0. The van der Waals surface area contributed by atoms with E-state index in [1.165, 1.54) is 6.07 Å². The first kappa shape index (κ1) is 14.7. The number of hydrogen-bond acceptors (Lipinski definition) is 3. The fraction of sp³-hybridized carbons (Fsp3) is 0.0714. The van der Waals surface area contributed by atoms with Gasteiger partial charge in [0.1, 0.15) is 12.4 Å². The third-order valence-electron chi connectivity index (χ3n) is 2.71. The molecule has 2 N–H and O–H groups in total. The molecule has 0 aromatic heterocycles. The number of carboxylic acid groups (broad SMARTS) is 1. The number of aromatic hydroxyl groups is 1. The molecule has 0 radical (unpaired) electrons. The van der Waals surface area contributed by atoms with E-state index in [-0.39, 0.29) is 11.1 Å². The Morgan fingerprint density at radius 2 is 1.81 bits per heavy atom. The second kappa shape index (κ2) is 5.74. The zero-order valence-corrected chi connectivity index (χ0v) is 10.4. The Labute approximate surface area is 117 Å². The number of carbonyl (C=O) groups is 1. The van der Waals surface area contributed by atoms with Gasteiger partial charge in [-0.15, -0.1) is 0 Å². The van der Waals surface area contributed by atoms with Crippen molar-refractivity contribution in [2.24, 2.45) is 0 Å². The van der Waals surface area contributed by atoms with E-state index >= 15 is 0 Å². The van der Waals surface area contributed by atoms with Crippen molar-refractivity contribution in [1.29, 1.82) is 0 Å². The van der Waals surface area contributed by atoms with Crippen molar-refractivity contribution in [3.63, 3.8) is 0 Å². The minimum absolute atomic E-state index is 0.0205. The van der Waals surface area contributed by atoms with Crippen molar-refractivity contribution in [1.82, 2.24) is 0 Å². The summed E-state index contributed by atoms with van der Waals surface area (Å²) in [6.07, 6.45) is 0. The summed E-state index contributed by atoms with van der Waals surface area (Å²) in [5.74, 6) is -6.34. The highest BCUT2D eigenvalue weighted by molar-refractivity contribution is 5.87. The molecule has 0 aliphatic carbocycles. The Morgan fingerprint density at radius 1 is 1.10 bits per heavy atom. The number of carboxylic acids is 1. The van der Waals surface area contributed by atoms with E-state index in [1.54, 1.807) is 0 Å². The molecule has 0 aliphatic heterocycles. The van der Waals surface area contributed by atoms with Gasteiger partial charge in [-0.25, -0.2) is 9.18 Å². The smallest absolute Gasteiger partial charge is 0.335 e. The number of rotatable bonds is 4. The lowest BCUT2D eigenvalue weighted by atomic mass is 10.1. The van der Waals surface area contributed by atoms with E-state index < -0.39 is 41.5 Å². The third-order valence-corrected chi connectivity index (χ3v) is 2.71. The maximum atomic E-state index is 13.6. The van der Waals surface area contributed by atoms with E-state index in [1.807, 2.05) is 0 Å². The molecule has 0 heterocycles. The topological polar surface area (TPSA) is 66.8 Å². The number of ether oxygens (including phenoxy) is 1. The summed E-state index contributed by atoms with van der Waals surface area (Å²) in [4.78, 5) is 10.6. The molecule has 0 bridgehead atoms. The summed E-state index contributed by atoms with van der Waals surface area (Å²) in [6, 6.07) is 5.04. The largest absolute Gasteiger partial charge is 0.505 e.